The lowest BCUT2D eigenvalue weighted by Gasteiger charge is -2.18. The van der Waals surface area contributed by atoms with Gasteiger partial charge < -0.3 is 0 Å². The van der Waals surface area contributed by atoms with E-state index in [4.69, 9.17) is 11.6 Å². The van der Waals surface area contributed by atoms with E-state index in [0.29, 0.717) is 4.31 Å². The van der Waals surface area contributed by atoms with Crippen LogP contribution in [0.4, 0.5) is 8.78 Å². The van der Waals surface area contributed by atoms with Gasteiger partial charge in [-0.2, -0.15) is 4.31 Å². The van der Waals surface area contributed by atoms with Crippen LogP contribution in [0.2, 0.25) is 0 Å². The molecule has 0 aliphatic heterocycles. The second-order valence-electron chi connectivity index (χ2n) is 4.43. The number of sulfone groups is 1. The molecule has 1 aromatic rings. The number of benzene rings is 1. The summed E-state index contributed by atoms with van der Waals surface area (Å²) in [4.78, 5) is -0.740. The largest absolute Gasteiger partial charge is 0.245 e. The Labute approximate surface area is 127 Å². The minimum absolute atomic E-state index is 0.339. The van der Waals surface area contributed by atoms with E-state index in [1.165, 1.54) is 0 Å². The first kappa shape index (κ1) is 18.3. The third-order valence-corrected chi connectivity index (χ3v) is 5.82. The SMILES string of the molecule is CN(CCS(C)(=O)=O)S(=O)(=O)c1ccc(F)c(CCl)c1F. The minimum atomic E-state index is -4.27. The summed E-state index contributed by atoms with van der Waals surface area (Å²) in [7, 11) is -6.53. The van der Waals surface area contributed by atoms with Crippen molar-refractivity contribution in [1.29, 1.82) is 0 Å². The van der Waals surface area contributed by atoms with Gasteiger partial charge >= 0.3 is 0 Å². The van der Waals surface area contributed by atoms with E-state index in [1.807, 2.05) is 0 Å². The number of rotatable bonds is 6. The maximum absolute atomic E-state index is 14.0. The molecule has 0 radical (unpaired) electrons. The molecule has 0 atom stereocenters. The van der Waals surface area contributed by atoms with Crippen molar-refractivity contribution in [1.82, 2.24) is 4.31 Å². The molecule has 5 nitrogen and oxygen atoms in total. The van der Waals surface area contributed by atoms with Gasteiger partial charge in [0, 0.05) is 25.4 Å². The van der Waals surface area contributed by atoms with E-state index in [1.54, 1.807) is 0 Å². The summed E-state index contributed by atoms with van der Waals surface area (Å²) in [5, 5.41) is 0. The summed E-state index contributed by atoms with van der Waals surface area (Å²) in [5.74, 6) is -3.14. The molecule has 1 rings (SSSR count). The summed E-state index contributed by atoms with van der Waals surface area (Å²) in [6.07, 6.45) is 0.956. The van der Waals surface area contributed by atoms with Crippen molar-refractivity contribution in [3.63, 3.8) is 0 Å². The highest BCUT2D eigenvalue weighted by molar-refractivity contribution is 7.91. The van der Waals surface area contributed by atoms with Crippen molar-refractivity contribution in [3.8, 4) is 0 Å². The summed E-state index contributed by atoms with van der Waals surface area (Å²) >= 11 is 5.39. The third-order valence-electron chi connectivity index (χ3n) is 2.75. The highest BCUT2D eigenvalue weighted by atomic mass is 35.5. The van der Waals surface area contributed by atoms with Crippen LogP contribution in [-0.2, 0) is 25.7 Å². The minimum Gasteiger partial charge on any atom is -0.229 e. The molecule has 0 amide bonds. The Bertz CT molecular complexity index is 735. The van der Waals surface area contributed by atoms with Crippen molar-refractivity contribution in [2.24, 2.45) is 0 Å². The second kappa shape index (κ2) is 6.55. The molecule has 21 heavy (non-hydrogen) atoms. The van der Waals surface area contributed by atoms with Gasteiger partial charge in [-0.05, 0) is 12.1 Å². The fraction of sp³-hybridized carbons (Fsp3) is 0.455. The lowest BCUT2D eigenvalue weighted by atomic mass is 10.2. The van der Waals surface area contributed by atoms with Gasteiger partial charge in [-0.15, -0.1) is 11.6 Å². The lowest BCUT2D eigenvalue weighted by molar-refractivity contribution is 0.473. The molecule has 0 N–H and O–H groups in total. The van der Waals surface area contributed by atoms with Crippen molar-refractivity contribution in [3.05, 3.63) is 29.3 Å². The van der Waals surface area contributed by atoms with E-state index in [-0.39, 0.29) is 6.54 Å². The third kappa shape index (κ3) is 4.35. The molecule has 0 heterocycles. The van der Waals surface area contributed by atoms with Crippen LogP contribution < -0.4 is 0 Å². The maximum atomic E-state index is 14.0. The van der Waals surface area contributed by atoms with Crippen LogP contribution in [0.1, 0.15) is 5.56 Å². The van der Waals surface area contributed by atoms with Crippen LogP contribution in [0.3, 0.4) is 0 Å². The molecule has 0 saturated carbocycles. The molecule has 0 saturated heterocycles. The number of alkyl halides is 1. The fourth-order valence-corrected chi connectivity index (χ4v) is 3.70. The van der Waals surface area contributed by atoms with Crippen LogP contribution >= 0.6 is 11.6 Å². The number of hydrogen-bond donors (Lipinski definition) is 0. The number of sulfonamides is 1. The Morgan fingerprint density at radius 1 is 1.19 bits per heavy atom. The monoisotopic (exact) mass is 361 g/mol. The zero-order valence-corrected chi connectivity index (χ0v) is 13.7. The molecule has 0 fully saturated rings. The molecule has 0 bridgehead atoms. The molecule has 120 valence electrons. The average molecular weight is 362 g/mol. The molecular weight excluding hydrogens is 348 g/mol. The quantitative estimate of drug-likeness (QED) is 0.717. The number of halogens is 3. The average Bonchev–Trinajstić information content (AvgIpc) is 2.35. The Balaban J connectivity index is 3.20. The topological polar surface area (TPSA) is 71.5 Å². The molecule has 0 aromatic heterocycles. The maximum Gasteiger partial charge on any atom is 0.245 e. The van der Waals surface area contributed by atoms with Crippen molar-refractivity contribution in [2.45, 2.75) is 10.8 Å². The Morgan fingerprint density at radius 3 is 2.24 bits per heavy atom. The van der Waals surface area contributed by atoms with Gasteiger partial charge in [-0.3, -0.25) is 0 Å². The highest BCUT2D eigenvalue weighted by Crippen LogP contribution is 2.24. The van der Waals surface area contributed by atoms with E-state index in [9.17, 15) is 25.6 Å². The molecule has 1 aromatic carbocycles. The summed E-state index contributed by atoms with van der Waals surface area (Å²) in [6.45, 7) is -0.339. The molecular formula is C11H14ClF2NO4S2. The van der Waals surface area contributed by atoms with Gasteiger partial charge in [0.15, 0.2) is 5.82 Å². The Kier molecular flexibility index (Phi) is 5.70. The summed E-state index contributed by atoms with van der Waals surface area (Å²) < 4.78 is 74.5. The van der Waals surface area contributed by atoms with Gasteiger partial charge in [-0.25, -0.2) is 25.6 Å². The van der Waals surface area contributed by atoms with Crippen LogP contribution in [0, 0.1) is 11.6 Å². The first-order valence-corrected chi connectivity index (χ1v) is 9.71. The molecule has 0 unspecified atom stereocenters. The lowest BCUT2D eigenvalue weighted by Crippen LogP contribution is -2.32. The smallest absolute Gasteiger partial charge is 0.229 e. The first-order chi connectivity index (χ1) is 9.50. The predicted molar refractivity (Wildman–Crippen MR) is 75.4 cm³/mol. The number of nitrogens with zero attached hydrogens (tertiary/aromatic N) is 1. The fourth-order valence-electron chi connectivity index (χ4n) is 1.48. The summed E-state index contributed by atoms with van der Waals surface area (Å²) in [5.41, 5.74) is -0.547. The van der Waals surface area contributed by atoms with E-state index >= 15 is 0 Å². The van der Waals surface area contributed by atoms with Gasteiger partial charge in [0.25, 0.3) is 0 Å². The normalized spacial score (nSPS) is 12.9. The van der Waals surface area contributed by atoms with E-state index in [2.05, 4.69) is 0 Å². The zero-order chi connectivity index (χ0) is 16.4. The van der Waals surface area contributed by atoms with E-state index < -0.39 is 53.6 Å². The molecule has 10 heteroatoms. The van der Waals surface area contributed by atoms with Crippen molar-refractivity contribution < 1.29 is 25.6 Å². The summed E-state index contributed by atoms with van der Waals surface area (Å²) in [6, 6.07) is 1.59. The van der Waals surface area contributed by atoms with Crippen molar-refractivity contribution >= 4 is 31.5 Å². The van der Waals surface area contributed by atoms with Crippen molar-refractivity contribution in [2.75, 3.05) is 25.6 Å². The predicted octanol–water partition coefficient (Wildman–Crippen LogP) is 1.37. The Hall–Kier alpha value is -0.770. The van der Waals surface area contributed by atoms with Crippen LogP contribution in [0.15, 0.2) is 17.0 Å². The second-order valence-corrected chi connectivity index (χ2v) is 8.97. The molecule has 0 aliphatic rings. The van der Waals surface area contributed by atoms with E-state index in [0.717, 1.165) is 25.4 Å². The number of hydrogen-bond acceptors (Lipinski definition) is 4. The van der Waals surface area contributed by atoms with Gasteiger partial charge in [0.05, 0.1) is 11.6 Å². The highest BCUT2D eigenvalue weighted by Gasteiger charge is 2.27. The Morgan fingerprint density at radius 2 is 1.76 bits per heavy atom. The standard InChI is InChI=1S/C11H14ClF2NO4S2/c1-15(5-6-20(2,16)17)21(18,19)10-4-3-9(13)8(7-12)11(10)14/h3-4H,5-7H2,1-2H3. The molecule has 0 aliphatic carbocycles. The first-order valence-electron chi connectivity index (χ1n) is 5.67. The van der Waals surface area contributed by atoms with Crippen LogP contribution in [-0.4, -0.2) is 46.7 Å². The van der Waals surface area contributed by atoms with Gasteiger partial charge in [-0.1, -0.05) is 0 Å². The van der Waals surface area contributed by atoms with Gasteiger partial charge in [0.2, 0.25) is 10.0 Å². The zero-order valence-electron chi connectivity index (χ0n) is 11.3. The van der Waals surface area contributed by atoms with Crippen LogP contribution in [0.5, 0.6) is 0 Å². The van der Waals surface area contributed by atoms with Crippen LogP contribution in [0.25, 0.3) is 0 Å². The molecule has 0 spiro atoms. The van der Waals surface area contributed by atoms with Gasteiger partial charge in [0.1, 0.15) is 20.5 Å².